The summed E-state index contributed by atoms with van der Waals surface area (Å²) in [5, 5.41) is 5.49. The molecule has 1 aromatic carbocycles. The highest BCUT2D eigenvalue weighted by molar-refractivity contribution is 5.91. The lowest BCUT2D eigenvalue weighted by Gasteiger charge is -2.38. The molecule has 0 unspecified atom stereocenters. The Labute approximate surface area is 154 Å². The van der Waals surface area contributed by atoms with E-state index in [-0.39, 0.29) is 11.9 Å². The number of carbonyl (C=O) groups excluding carboxylic acids is 1. The molecule has 0 spiro atoms. The first-order valence-electron chi connectivity index (χ1n) is 8.43. The minimum absolute atomic E-state index is 0.0707. The highest BCUT2D eigenvalue weighted by Gasteiger charge is 2.35. The Hall–Kier alpha value is -3.35. The number of aromatic nitrogens is 3. The first-order chi connectivity index (χ1) is 13.0. The molecule has 1 fully saturated rings. The Morgan fingerprint density at radius 2 is 1.93 bits per heavy atom. The SMILES string of the molecule is C=C(F)C(=O)N1CC(n2nc(/C=C/c3ccc(F)cc3)c3cccnc32)C1. The van der Waals surface area contributed by atoms with E-state index in [0.29, 0.717) is 18.7 Å². The van der Waals surface area contributed by atoms with E-state index < -0.39 is 11.7 Å². The Morgan fingerprint density at radius 1 is 1.19 bits per heavy atom. The molecule has 1 aliphatic rings. The Morgan fingerprint density at radius 3 is 2.63 bits per heavy atom. The molecule has 7 heteroatoms. The van der Waals surface area contributed by atoms with Crippen molar-refractivity contribution in [2.75, 3.05) is 13.1 Å². The number of fused-ring (bicyclic) bond motifs is 1. The van der Waals surface area contributed by atoms with E-state index in [1.165, 1.54) is 17.0 Å². The lowest BCUT2D eigenvalue weighted by Crippen LogP contribution is -2.51. The normalized spacial score (nSPS) is 14.7. The maximum absolute atomic E-state index is 13.0. The van der Waals surface area contributed by atoms with E-state index in [1.54, 1.807) is 23.0 Å². The summed E-state index contributed by atoms with van der Waals surface area (Å²) in [6.07, 6.45) is 5.37. The van der Waals surface area contributed by atoms with Gasteiger partial charge in [-0.25, -0.2) is 18.4 Å². The third-order valence-corrected chi connectivity index (χ3v) is 4.53. The minimum Gasteiger partial charge on any atom is -0.332 e. The first-order valence-corrected chi connectivity index (χ1v) is 8.43. The van der Waals surface area contributed by atoms with E-state index in [9.17, 15) is 13.6 Å². The minimum atomic E-state index is -0.959. The van der Waals surface area contributed by atoms with E-state index >= 15 is 0 Å². The third kappa shape index (κ3) is 3.23. The van der Waals surface area contributed by atoms with Gasteiger partial charge < -0.3 is 4.90 Å². The van der Waals surface area contributed by atoms with E-state index in [1.807, 2.05) is 24.3 Å². The fraction of sp³-hybridized carbons (Fsp3) is 0.150. The average Bonchev–Trinajstić information content (AvgIpc) is 2.98. The Bertz CT molecular complexity index is 1050. The van der Waals surface area contributed by atoms with E-state index in [4.69, 9.17) is 0 Å². The molecule has 3 heterocycles. The molecule has 27 heavy (non-hydrogen) atoms. The first kappa shape index (κ1) is 17.1. The molecule has 1 saturated heterocycles. The predicted molar refractivity (Wildman–Crippen MR) is 98.7 cm³/mol. The van der Waals surface area contributed by atoms with Gasteiger partial charge in [-0.15, -0.1) is 0 Å². The van der Waals surface area contributed by atoms with Crippen molar-refractivity contribution in [2.45, 2.75) is 6.04 Å². The summed E-state index contributed by atoms with van der Waals surface area (Å²) in [6, 6.07) is 9.84. The van der Waals surface area contributed by atoms with Crippen LogP contribution in [0.1, 0.15) is 17.3 Å². The second-order valence-corrected chi connectivity index (χ2v) is 6.36. The molecule has 0 atom stereocenters. The van der Waals surface area contributed by atoms with Gasteiger partial charge in [-0.2, -0.15) is 5.10 Å². The van der Waals surface area contributed by atoms with Gasteiger partial charge in [-0.1, -0.05) is 24.8 Å². The van der Waals surface area contributed by atoms with Crippen molar-refractivity contribution in [2.24, 2.45) is 0 Å². The summed E-state index contributed by atoms with van der Waals surface area (Å²) in [5.41, 5.74) is 2.28. The van der Waals surface area contributed by atoms with Crippen LogP contribution in [0.25, 0.3) is 23.2 Å². The number of halogens is 2. The molecule has 5 nitrogen and oxygen atoms in total. The zero-order valence-electron chi connectivity index (χ0n) is 14.3. The van der Waals surface area contributed by atoms with Gasteiger partial charge in [-0.3, -0.25) is 4.79 Å². The number of likely N-dealkylation sites (tertiary alicyclic amines) is 1. The standard InChI is InChI=1S/C20H16F2N4O/c1-13(21)20(27)25-11-16(12-25)26-19-17(3-2-10-23-19)18(24-26)9-6-14-4-7-15(22)8-5-14/h2-10,16H,1,11-12H2/b9-6+. The number of amides is 1. The zero-order chi connectivity index (χ0) is 19.0. The number of pyridine rings is 1. The Balaban J connectivity index is 1.61. The fourth-order valence-corrected chi connectivity index (χ4v) is 3.07. The molecule has 2 aromatic heterocycles. The quantitative estimate of drug-likeness (QED) is 0.663. The summed E-state index contributed by atoms with van der Waals surface area (Å²) in [6.45, 7) is 3.76. The van der Waals surface area contributed by atoms with E-state index in [0.717, 1.165) is 16.6 Å². The van der Waals surface area contributed by atoms with Crippen molar-refractivity contribution in [3.63, 3.8) is 0 Å². The molecule has 1 aliphatic heterocycles. The van der Waals surface area contributed by atoms with Crippen molar-refractivity contribution in [3.8, 4) is 0 Å². The lowest BCUT2D eigenvalue weighted by atomic mass is 10.1. The van der Waals surface area contributed by atoms with Crippen molar-refractivity contribution in [3.05, 3.63) is 72.1 Å². The van der Waals surface area contributed by atoms with Crippen LogP contribution in [0.3, 0.4) is 0 Å². The molecular weight excluding hydrogens is 350 g/mol. The number of hydrogen-bond acceptors (Lipinski definition) is 3. The highest BCUT2D eigenvalue weighted by atomic mass is 19.1. The van der Waals surface area contributed by atoms with Gasteiger partial charge in [0.25, 0.3) is 5.91 Å². The second-order valence-electron chi connectivity index (χ2n) is 6.36. The van der Waals surface area contributed by atoms with Gasteiger partial charge in [0.2, 0.25) is 0 Å². The van der Waals surface area contributed by atoms with Crippen LogP contribution in [0, 0.1) is 5.82 Å². The van der Waals surface area contributed by atoms with Crippen LogP contribution in [-0.2, 0) is 4.79 Å². The molecule has 4 rings (SSSR count). The average molecular weight is 366 g/mol. The third-order valence-electron chi connectivity index (χ3n) is 4.53. The topological polar surface area (TPSA) is 51.0 Å². The van der Waals surface area contributed by atoms with Crippen molar-refractivity contribution in [1.29, 1.82) is 0 Å². The molecule has 136 valence electrons. The van der Waals surface area contributed by atoms with Gasteiger partial charge in [0.1, 0.15) is 5.82 Å². The van der Waals surface area contributed by atoms with Gasteiger partial charge in [0.05, 0.1) is 11.7 Å². The molecule has 0 N–H and O–H groups in total. The fourth-order valence-electron chi connectivity index (χ4n) is 3.07. The van der Waals surface area contributed by atoms with Gasteiger partial charge in [0, 0.05) is 24.7 Å². The summed E-state index contributed by atoms with van der Waals surface area (Å²) >= 11 is 0. The van der Waals surface area contributed by atoms with Crippen molar-refractivity contribution < 1.29 is 13.6 Å². The van der Waals surface area contributed by atoms with Crippen LogP contribution in [0.15, 0.2) is 55.0 Å². The van der Waals surface area contributed by atoms with Crippen LogP contribution in [0.5, 0.6) is 0 Å². The summed E-state index contributed by atoms with van der Waals surface area (Å²) < 4.78 is 27.8. The smallest absolute Gasteiger partial charge is 0.282 e. The molecule has 3 aromatic rings. The number of benzene rings is 1. The summed E-state index contributed by atoms with van der Waals surface area (Å²) in [5.74, 6) is -1.93. The molecule has 0 saturated carbocycles. The maximum Gasteiger partial charge on any atom is 0.282 e. The van der Waals surface area contributed by atoms with Gasteiger partial charge in [-0.05, 0) is 35.9 Å². The number of nitrogens with zero attached hydrogens (tertiary/aromatic N) is 4. The van der Waals surface area contributed by atoms with Crippen LogP contribution in [0.2, 0.25) is 0 Å². The monoisotopic (exact) mass is 366 g/mol. The van der Waals surface area contributed by atoms with Crippen LogP contribution in [0.4, 0.5) is 8.78 Å². The van der Waals surface area contributed by atoms with Crippen LogP contribution in [-0.4, -0.2) is 38.7 Å². The largest absolute Gasteiger partial charge is 0.332 e. The molecule has 1 amide bonds. The summed E-state index contributed by atoms with van der Waals surface area (Å²) in [7, 11) is 0. The van der Waals surface area contributed by atoms with Crippen LogP contribution < -0.4 is 0 Å². The second kappa shape index (κ2) is 6.75. The zero-order valence-corrected chi connectivity index (χ0v) is 14.3. The molecule has 0 bridgehead atoms. The Kier molecular flexibility index (Phi) is 4.27. The lowest BCUT2D eigenvalue weighted by molar-refractivity contribution is -0.134. The molecule has 0 radical (unpaired) electrons. The van der Waals surface area contributed by atoms with Crippen molar-refractivity contribution >= 4 is 29.1 Å². The number of rotatable bonds is 4. The maximum atomic E-state index is 13.0. The van der Waals surface area contributed by atoms with E-state index in [2.05, 4.69) is 16.7 Å². The number of hydrogen-bond donors (Lipinski definition) is 0. The van der Waals surface area contributed by atoms with Gasteiger partial charge >= 0.3 is 0 Å². The predicted octanol–water partition coefficient (Wildman–Crippen LogP) is 3.61. The van der Waals surface area contributed by atoms with Gasteiger partial charge in [0.15, 0.2) is 11.5 Å². The van der Waals surface area contributed by atoms with Crippen molar-refractivity contribution in [1.82, 2.24) is 19.7 Å². The molecule has 0 aliphatic carbocycles. The molecular formula is C20H16F2N4O. The highest BCUT2D eigenvalue weighted by Crippen LogP contribution is 2.28. The van der Waals surface area contributed by atoms with Crippen LogP contribution >= 0.6 is 0 Å². The number of carbonyl (C=O) groups is 1. The summed E-state index contributed by atoms with van der Waals surface area (Å²) in [4.78, 5) is 17.4.